The molecule has 7 heteroatoms. The third kappa shape index (κ3) is 3.27. The van der Waals surface area contributed by atoms with Gasteiger partial charge in [0.05, 0.1) is 5.69 Å². The van der Waals surface area contributed by atoms with Gasteiger partial charge in [0.15, 0.2) is 0 Å². The van der Waals surface area contributed by atoms with Crippen molar-refractivity contribution in [3.63, 3.8) is 0 Å². The summed E-state index contributed by atoms with van der Waals surface area (Å²) in [6.45, 7) is 1.73. The van der Waals surface area contributed by atoms with Crippen LogP contribution in [0.25, 0.3) is 0 Å². The van der Waals surface area contributed by atoms with Crippen LogP contribution in [0.2, 0.25) is 5.02 Å². The predicted molar refractivity (Wildman–Crippen MR) is 78.8 cm³/mol. The van der Waals surface area contributed by atoms with Crippen molar-refractivity contribution in [1.29, 1.82) is 0 Å². The average Bonchev–Trinajstić information content (AvgIpc) is 2.38. The van der Waals surface area contributed by atoms with Crippen molar-refractivity contribution in [3.05, 3.63) is 53.3 Å². The molecule has 2 rings (SSSR count). The van der Waals surface area contributed by atoms with Gasteiger partial charge < -0.3 is 5.73 Å². The molecule has 0 aliphatic carbocycles. The lowest BCUT2D eigenvalue weighted by Gasteiger charge is -2.15. The van der Waals surface area contributed by atoms with Gasteiger partial charge in [-0.3, -0.25) is 4.98 Å². The summed E-state index contributed by atoms with van der Waals surface area (Å²) in [5.41, 5.74) is 6.59. The molecular formula is C13H14ClN3O2S. The first-order chi connectivity index (χ1) is 9.40. The maximum atomic E-state index is 12.3. The smallest absolute Gasteiger partial charge is 0.244 e. The molecule has 106 valence electrons. The van der Waals surface area contributed by atoms with E-state index in [2.05, 4.69) is 9.71 Å². The summed E-state index contributed by atoms with van der Waals surface area (Å²) < 4.78 is 27.1. The topological polar surface area (TPSA) is 85.1 Å². The number of anilines is 1. The number of hydrogen-bond donors (Lipinski definition) is 2. The molecule has 2 aromatic rings. The molecule has 1 unspecified atom stereocenters. The number of pyridine rings is 1. The van der Waals surface area contributed by atoms with Gasteiger partial charge >= 0.3 is 0 Å². The maximum absolute atomic E-state index is 12.3. The Bertz CT molecular complexity index is 719. The molecule has 20 heavy (non-hydrogen) atoms. The maximum Gasteiger partial charge on any atom is 0.244 e. The molecule has 0 spiro atoms. The second-order valence-corrected chi connectivity index (χ2v) is 6.43. The summed E-state index contributed by atoms with van der Waals surface area (Å²) in [4.78, 5) is 3.75. The van der Waals surface area contributed by atoms with E-state index in [0.29, 0.717) is 5.02 Å². The minimum atomic E-state index is -3.73. The number of rotatable bonds is 4. The van der Waals surface area contributed by atoms with Gasteiger partial charge in [-0.05, 0) is 30.7 Å². The van der Waals surface area contributed by atoms with Crippen molar-refractivity contribution in [1.82, 2.24) is 9.71 Å². The molecule has 3 N–H and O–H groups in total. The molecule has 1 atom stereocenters. The van der Waals surface area contributed by atoms with Gasteiger partial charge in [-0.25, -0.2) is 13.1 Å². The van der Waals surface area contributed by atoms with Crippen molar-refractivity contribution < 1.29 is 8.42 Å². The lowest BCUT2D eigenvalue weighted by atomic mass is 10.1. The summed E-state index contributed by atoms with van der Waals surface area (Å²) >= 11 is 5.90. The van der Waals surface area contributed by atoms with Crippen LogP contribution in [0.1, 0.15) is 18.5 Å². The molecule has 0 saturated carbocycles. The van der Waals surface area contributed by atoms with E-state index in [1.807, 2.05) is 0 Å². The minimum absolute atomic E-state index is 0.0334. The van der Waals surface area contributed by atoms with Crippen molar-refractivity contribution in [3.8, 4) is 0 Å². The number of aromatic nitrogens is 1. The zero-order chi connectivity index (χ0) is 14.8. The van der Waals surface area contributed by atoms with Crippen LogP contribution in [0.4, 0.5) is 5.69 Å². The first kappa shape index (κ1) is 14.8. The van der Waals surface area contributed by atoms with Gasteiger partial charge in [0.2, 0.25) is 10.0 Å². The molecule has 0 bridgehead atoms. The quantitative estimate of drug-likeness (QED) is 0.907. The standard InChI is InChI=1S/C13H14ClN3O2S/c1-9(10-3-2-4-11(14)7-10)17-20(18,19)13-8-16-6-5-12(13)15/h2-9,17H,1H3,(H2,15,16). The highest BCUT2D eigenvalue weighted by atomic mass is 35.5. The van der Waals surface area contributed by atoms with Crippen molar-refractivity contribution in [2.24, 2.45) is 0 Å². The highest BCUT2D eigenvalue weighted by molar-refractivity contribution is 7.89. The highest BCUT2D eigenvalue weighted by Crippen LogP contribution is 2.21. The molecule has 0 amide bonds. The fourth-order valence-corrected chi connectivity index (χ4v) is 3.26. The van der Waals surface area contributed by atoms with E-state index in [9.17, 15) is 8.42 Å². The lowest BCUT2D eigenvalue weighted by Crippen LogP contribution is -2.27. The third-order valence-corrected chi connectivity index (χ3v) is 4.61. The van der Waals surface area contributed by atoms with Crippen LogP contribution in [0, 0.1) is 0 Å². The molecule has 0 aliphatic heterocycles. The Morgan fingerprint density at radius 1 is 1.35 bits per heavy atom. The number of sulfonamides is 1. The summed E-state index contributed by atoms with van der Waals surface area (Å²) in [6, 6.07) is 8.01. The Labute approximate surface area is 122 Å². The molecular weight excluding hydrogens is 298 g/mol. The van der Waals surface area contributed by atoms with E-state index in [1.165, 1.54) is 18.5 Å². The number of nitrogens with zero attached hydrogens (tertiary/aromatic N) is 1. The van der Waals surface area contributed by atoms with E-state index in [1.54, 1.807) is 31.2 Å². The van der Waals surface area contributed by atoms with E-state index < -0.39 is 16.1 Å². The van der Waals surface area contributed by atoms with E-state index >= 15 is 0 Å². The Hall–Kier alpha value is -1.63. The molecule has 1 heterocycles. The Balaban J connectivity index is 2.27. The molecule has 1 aromatic heterocycles. The van der Waals surface area contributed by atoms with Gasteiger partial charge in [0.1, 0.15) is 4.90 Å². The van der Waals surface area contributed by atoms with Crippen LogP contribution in [-0.2, 0) is 10.0 Å². The largest absolute Gasteiger partial charge is 0.398 e. The third-order valence-electron chi connectivity index (χ3n) is 2.79. The fourth-order valence-electron chi connectivity index (χ4n) is 1.76. The van der Waals surface area contributed by atoms with E-state index in [-0.39, 0.29) is 10.6 Å². The Kier molecular flexibility index (Phi) is 4.27. The van der Waals surface area contributed by atoms with Crippen LogP contribution in [-0.4, -0.2) is 13.4 Å². The summed E-state index contributed by atoms with van der Waals surface area (Å²) in [5.74, 6) is 0. The van der Waals surface area contributed by atoms with Crippen LogP contribution in [0.5, 0.6) is 0 Å². The molecule has 0 aliphatic rings. The molecule has 1 aromatic carbocycles. The van der Waals surface area contributed by atoms with Gasteiger partial charge in [-0.15, -0.1) is 0 Å². The molecule has 0 fully saturated rings. The van der Waals surface area contributed by atoms with Crippen LogP contribution in [0.3, 0.4) is 0 Å². The van der Waals surface area contributed by atoms with Gasteiger partial charge in [-0.1, -0.05) is 23.7 Å². The highest BCUT2D eigenvalue weighted by Gasteiger charge is 2.21. The van der Waals surface area contributed by atoms with Gasteiger partial charge in [-0.2, -0.15) is 0 Å². The normalized spacial score (nSPS) is 13.1. The average molecular weight is 312 g/mol. The van der Waals surface area contributed by atoms with E-state index in [0.717, 1.165) is 5.56 Å². The Morgan fingerprint density at radius 2 is 2.10 bits per heavy atom. The first-order valence-corrected chi connectivity index (χ1v) is 7.73. The minimum Gasteiger partial charge on any atom is -0.398 e. The summed E-state index contributed by atoms with van der Waals surface area (Å²) in [6.07, 6.45) is 2.66. The lowest BCUT2D eigenvalue weighted by molar-refractivity contribution is 0.567. The van der Waals surface area contributed by atoms with Gasteiger partial charge in [0.25, 0.3) is 0 Å². The second-order valence-electron chi connectivity index (χ2n) is 4.31. The number of nitrogens with two attached hydrogens (primary N) is 1. The summed E-state index contributed by atoms with van der Waals surface area (Å²) in [7, 11) is -3.73. The van der Waals surface area contributed by atoms with Crippen LogP contribution in [0.15, 0.2) is 47.6 Å². The van der Waals surface area contributed by atoms with Gasteiger partial charge in [0, 0.05) is 23.5 Å². The zero-order valence-corrected chi connectivity index (χ0v) is 12.3. The zero-order valence-electron chi connectivity index (χ0n) is 10.7. The Morgan fingerprint density at radius 3 is 2.75 bits per heavy atom. The summed E-state index contributed by atoms with van der Waals surface area (Å²) in [5, 5.41) is 0.550. The number of hydrogen-bond acceptors (Lipinski definition) is 4. The molecule has 0 radical (unpaired) electrons. The number of nitrogens with one attached hydrogen (secondary N) is 1. The molecule has 0 saturated heterocycles. The van der Waals surface area contributed by atoms with Crippen molar-refractivity contribution >= 4 is 27.3 Å². The SMILES string of the molecule is CC(NS(=O)(=O)c1cnccc1N)c1cccc(Cl)c1. The second kappa shape index (κ2) is 5.78. The first-order valence-electron chi connectivity index (χ1n) is 5.87. The number of halogens is 1. The number of nitrogen functional groups attached to an aromatic ring is 1. The van der Waals surface area contributed by atoms with Crippen LogP contribution < -0.4 is 10.5 Å². The number of benzene rings is 1. The van der Waals surface area contributed by atoms with Crippen LogP contribution >= 0.6 is 11.6 Å². The predicted octanol–water partition coefficient (Wildman–Crippen LogP) is 2.36. The van der Waals surface area contributed by atoms with E-state index in [4.69, 9.17) is 17.3 Å². The monoisotopic (exact) mass is 311 g/mol. The fraction of sp³-hybridized carbons (Fsp3) is 0.154. The van der Waals surface area contributed by atoms with Crippen molar-refractivity contribution in [2.75, 3.05) is 5.73 Å². The molecule has 5 nitrogen and oxygen atoms in total. The van der Waals surface area contributed by atoms with Crippen molar-refractivity contribution in [2.45, 2.75) is 17.9 Å².